The van der Waals surface area contributed by atoms with Gasteiger partial charge in [-0.3, -0.25) is 0 Å². The maximum Gasteiger partial charge on any atom is 0.0178 e. The Morgan fingerprint density at radius 1 is 1.39 bits per heavy atom. The normalized spacial score (nSPS) is 19.3. The molecule has 2 rings (SSSR count). The topological polar surface area (TPSA) is 24.1 Å². The molecular formula is C15H23BrN2. The third-order valence-electron chi connectivity index (χ3n) is 3.77. The average molecular weight is 311 g/mol. The molecule has 1 fully saturated rings. The predicted octanol–water partition coefficient (Wildman–Crippen LogP) is 2.89. The Hall–Kier alpha value is -0.380. The van der Waals surface area contributed by atoms with Gasteiger partial charge in [0.25, 0.3) is 0 Å². The summed E-state index contributed by atoms with van der Waals surface area (Å²) >= 11 is 3.54. The van der Waals surface area contributed by atoms with Crippen molar-refractivity contribution in [2.45, 2.75) is 26.2 Å². The van der Waals surface area contributed by atoms with Crippen molar-refractivity contribution in [1.29, 1.82) is 0 Å². The fraction of sp³-hybridized carbons (Fsp3) is 0.600. The maximum atomic E-state index is 3.56. The quantitative estimate of drug-likeness (QED) is 0.790. The molecule has 0 saturated carbocycles. The molecule has 1 unspecified atom stereocenters. The first-order valence-electron chi connectivity index (χ1n) is 6.92. The van der Waals surface area contributed by atoms with Gasteiger partial charge in [-0.2, -0.15) is 0 Å². The van der Waals surface area contributed by atoms with Gasteiger partial charge in [-0.15, -0.1) is 0 Å². The summed E-state index contributed by atoms with van der Waals surface area (Å²) in [7, 11) is 0. The van der Waals surface area contributed by atoms with Gasteiger partial charge < -0.3 is 10.6 Å². The third kappa shape index (κ3) is 4.38. The molecule has 0 aromatic heterocycles. The van der Waals surface area contributed by atoms with Crippen LogP contribution in [0.1, 0.15) is 24.0 Å². The second kappa shape index (κ2) is 7.27. The van der Waals surface area contributed by atoms with Gasteiger partial charge in [0.05, 0.1) is 0 Å². The van der Waals surface area contributed by atoms with Crippen LogP contribution < -0.4 is 10.6 Å². The van der Waals surface area contributed by atoms with Crippen LogP contribution in [0, 0.1) is 12.8 Å². The van der Waals surface area contributed by atoms with Crippen LogP contribution >= 0.6 is 15.9 Å². The molecule has 0 spiro atoms. The van der Waals surface area contributed by atoms with E-state index in [1.807, 2.05) is 0 Å². The maximum absolute atomic E-state index is 3.56. The molecule has 100 valence electrons. The fourth-order valence-electron chi connectivity index (χ4n) is 2.52. The summed E-state index contributed by atoms with van der Waals surface area (Å²) in [5.74, 6) is 0.894. The zero-order chi connectivity index (χ0) is 12.8. The highest BCUT2D eigenvalue weighted by molar-refractivity contribution is 9.10. The van der Waals surface area contributed by atoms with Gasteiger partial charge >= 0.3 is 0 Å². The van der Waals surface area contributed by atoms with E-state index < -0.39 is 0 Å². The monoisotopic (exact) mass is 310 g/mol. The molecule has 0 bridgehead atoms. The summed E-state index contributed by atoms with van der Waals surface area (Å²) in [4.78, 5) is 0. The van der Waals surface area contributed by atoms with Crippen molar-refractivity contribution in [2.75, 3.05) is 26.2 Å². The number of rotatable bonds is 6. The van der Waals surface area contributed by atoms with E-state index in [0.29, 0.717) is 0 Å². The molecule has 1 aromatic rings. The molecule has 1 heterocycles. The lowest BCUT2D eigenvalue weighted by atomic mass is 10.0. The average Bonchev–Trinajstić information content (AvgIpc) is 2.86. The van der Waals surface area contributed by atoms with Crippen LogP contribution in [0.3, 0.4) is 0 Å². The van der Waals surface area contributed by atoms with E-state index in [1.165, 1.54) is 41.5 Å². The number of halogens is 1. The Kier molecular flexibility index (Phi) is 5.67. The van der Waals surface area contributed by atoms with Crippen LogP contribution in [-0.2, 0) is 6.42 Å². The molecule has 0 aliphatic carbocycles. The smallest absolute Gasteiger partial charge is 0.0178 e. The molecular weight excluding hydrogens is 288 g/mol. The minimum Gasteiger partial charge on any atom is -0.316 e. The summed E-state index contributed by atoms with van der Waals surface area (Å²) < 4.78 is 1.18. The Morgan fingerprint density at radius 3 is 3.06 bits per heavy atom. The van der Waals surface area contributed by atoms with E-state index in [9.17, 15) is 0 Å². The van der Waals surface area contributed by atoms with Gasteiger partial charge in [0.2, 0.25) is 0 Å². The van der Waals surface area contributed by atoms with Crippen molar-refractivity contribution in [3.63, 3.8) is 0 Å². The molecule has 1 saturated heterocycles. The van der Waals surface area contributed by atoms with Gasteiger partial charge in [-0.1, -0.05) is 22.0 Å². The van der Waals surface area contributed by atoms with E-state index in [2.05, 4.69) is 51.7 Å². The van der Waals surface area contributed by atoms with Crippen LogP contribution in [0.5, 0.6) is 0 Å². The van der Waals surface area contributed by atoms with Crippen molar-refractivity contribution in [3.05, 3.63) is 33.8 Å². The first-order chi connectivity index (χ1) is 8.75. The van der Waals surface area contributed by atoms with Gasteiger partial charge in [-0.05, 0) is 81.5 Å². The standard InChI is InChI=1S/C15H23BrN2/c1-12-2-3-15(16)10-14(12)6-9-17-7-4-13-5-8-18-11-13/h2-3,10,13,17-18H,4-9,11H2,1H3. The molecule has 2 nitrogen and oxygen atoms in total. The van der Waals surface area contributed by atoms with Gasteiger partial charge in [0.1, 0.15) is 0 Å². The zero-order valence-corrected chi connectivity index (χ0v) is 12.7. The Bertz CT molecular complexity index is 373. The summed E-state index contributed by atoms with van der Waals surface area (Å²) in [6.45, 7) is 6.84. The minimum atomic E-state index is 0.894. The molecule has 2 N–H and O–H groups in total. The van der Waals surface area contributed by atoms with E-state index in [4.69, 9.17) is 0 Å². The SMILES string of the molecule is Cc1ccc(Br)cc1CCNCCC1CCNC1. The molecule has 0 amide bonds. The second-order valence-electron chi connectivity index (χ2n) is 5.22. The second-order valence-corrected chi connectivity index (χ2v) is 6.13. The molecule has 1 atom stereocenters. The number of nitrogens with one attached hydrogen (secondary N) is 2. The first kappa shape index (κ1) is 14.0. The third-order valence-corrected chi connectivity index (χ3v) is 4.27. The zero-order valence-electron chi connectivity index (χ0n) is 11.1. The van der Waals surface area contributed by atoms with Crippen molar-refractivity contribution < 1.29 is 0 Å². The number of hydrogen-bond acceptors (Lipinski definition) is 2. The van der Waals surface area contributed by atoms with Crippen LogP contribution in [-0.4, -0.2) is 26.2 Å². The van der Waals surface area contributed by atoms with Gasteiger partial charge in [0.15, 0.2) is 0 Å². The summed E-state index contributed by atoms with van der Waals surface area (Å²) in [5, 5.41) is 6.98. The van der Waals surface area contributed by atoms with Crippen molar-refractivity contribution in [3.8, 4) is 0 Å². The minimum absolute atomic E-state index is 0.894. The van der Waals surface area contributed by atoms with Crippen molar-refractivity contribution in [2.24, 2.45) is 5.92 Å². The molecule has 3 heteroatoms. The van der Waals surface area contributed by atoms with E-state index in [-0.39, 0.29) is 0 Å². The van der Waals surface area contributed by atoms with Crippen LogP contribution in [0.25, 0.3) is 0 Å². The fourth-order valence-corrected chi connectivity index (χ4v) is 2.93. The van der Waals surface area contributed by atoms with Gasteiger partial charge in [0, 0.05) is 4.47 Å². The highest BCUT2D eigenvalue weighted by Crippen LogP contribution is 2.16. The molecule has 1 aliphatic heterocycles. The highest BCUT2D eigenvalue weighted by atomic mass is 79.9. The first-order valence-corrected chi connectivity index (χ1v) is 7.71. The molecule has 1 aliphatic rings. The number of benzene rings is 1. The summed E-state index contributed by atoms with van der Waals surface area (Å²) in [5.41, 5.74) is 2.83. The number of aryl methyl sites for hydroxylation is 1. The number of hydrogen-bond donors (Lipinski definition) is 2. The van der Waals surface area contributed by atoms with Crippen molar-refractivity contribution >= 4 is 15.9 Å². The largest absolute Gasteiger partial charge is 0.316 e. The van der Waals surface area contributed by atoms with E-state index in [0.717, 1.165) is 25.4 Å². The summed E-state index contributed by atoms with van der Waals surface area (Å²) in [6.07, 6.45) is 3.78. The van der Waals surface area contributed by atoms with Crippen LogP contribution in [0.4, 0.5) is 0 Å². The van der Waals surface area contributed by atoms with Crippen LogP contribution in [0.2, 0.25) is 0 Å². The lowest BCUT2D eigenvalue weighted by Crippen LogP contribution is -2.21. The van der Waals surface area contributed by atoms with Crippen LogP contribution in [0.15, 0.2) is 22.7 Å². The lowest BCUT2D eigenvalue weighted by molar-refractivity contribution is 0.501. The molecule has 0 radical (unpaired) electrons. The van der Waals surface area contributed by atoms with Gasteiger partial charge in [-0.25, -0.2) is 0 Å². The molecule has 1 aromatic carbocycles. The highest BCUT2D eigenvalue weighted by Gasteiger charge is 2.13. The Balaban J connectivity index is 1.64. The summed E-state index contributed by atoms with van der Waals surface area (Å²) in [6, 6.07) is 6.53. The Labute approximate surface area is 119 Å². The van der Waals surface area contributed by atoms with E-state index >= 15 is 0 Å². The Morgan fingerprint density at radius 2 is 2.28 bits per heavy atom. The molecule has 18 heavy (non-hydrogen) atoms. The predicted molar refractivity (Wildman–Crippen MR) is 81.0 cm³/mol. The lowest BCUT2D eigenvalue weighted by Gasteiger charge is -2.10. The van der Waals surface area contributed by atoms with Crippen molar-refractivity contribution in [1.82, 2.24) is 10.6 Å². The van der Waals surface area contributed by atoms with E-state index in [1.54, 1.807) is 0 Å².